The number of sulfone groups is 1. The Morgan fingerprint density at radius 1 is 0.885 bits per heavy atom. The molecular weight excluding hydrogens is 355 g/mol. The zero-order valence-electron chi connectivity index (χ0n) is 14.5. The van der Waals surface area contributed by atoms with Crippen LogP contribution < -0.4 is 9.80 Å². The van der Waals surface area contributed by atoms with Gasteiger partial charge in [0.05, 0.1) is 23.6 Å². The third-order valence-corrected chi connectivity index (χ3v) is 6.94. The van der Waals surface area contributed by atoms with Crippen molar-refractivity contribution >= 4 is 27.2 Å². The molecule has 0 aromatic heterocycles. The summed E-state index contributed by atoms with van der Waals surface area (Å²) in [4.78, 5) is 16.2. The summed E-state index contributed by atoms with van der Waals surface area (Å²) < 4.78 is 37.8. The van der Waals surface area contributed by atoms with Crippen molar-refractivity contribution in [2.24, 2.45) is 0 Å². The second kappa shape index (κ2) is 5.81. The number of hydrogen-bond donors (Lipinski definition) is 0. The molecule has 5 nitrogen and oxygen atoms in total. The highest BCUT2D eigenvalue weighted by Crippen LogP contribution is 2.38. The molecular formula is C19H19FN2O3S. The number of carbonyl (C=O) groups is 1. The fourth-order valence-corrected chi connectivity index (χ4v) is 5.70. The fraction of sp³-hybridized carbons (Fsp3) is 0.316. The summed E-state index contributed by atoms with van der Waals surface area (Å²) >= 11 is 0. The van der Waals surface area contributed by atoms with Crippen LogP contribution in [0.5, 0.6) is 0 Å². The number of fused-ring (bicyclic) bond motifs is 1. The standard InChI is InChI=1S/C19H19FN2O3S/c1-12-3-6-16(9-13(12)2)22-18-11-26(24,25)10-17(18)21(19(22)23)15-7-4-14(20)5-8-15/h3-9,17-18H,10-11H2,1-2H3. The van der Waals surface area contributed by atoms with E-state index in [-0.39, 0.29) is 17.5 Å². The van der Waals surface area contributed by atoms with Crippen LogP contribution >= 0.6 is 0 Å². The van der Waals surface area contributed by atoms with Crippen molar-refractivity contribution < 1.29 is 17.6 Å². The number of benzene rings is 2. The average molecular weight is 374 g/mol. The topological polar surface area (TPSA) is 57.7 Å². The van der Waals surface area contributed by atoms with Crippen LogP contribution in [0.25, 0.3) is 0 Å². The Balaban J connectivity index is 1.81. The van der Waals surface area contributed by atoms with Gasteiger partial charge in [0.2, 0.25) is 0 Å². The summed E-state index contributed by atoms with van der Waals surface area (Å²) in [5, 5.41) is 0. The van der Waals surface area contributed by atoms with Crippen molar-refractivity contribution in [1.82, 2.24) is 0 Å². The van der Waals surface area contributed by atoms with Gasteiger partial charge in [-0.15, -0.1) is 0 Å². The lowest BCUT2D eigenvalue weighted by Gasteiger charge is -2.23. The van der Waals surface area contributed by atoms with Gasteiger partial charge in [-0.25, -0.2) is 17.6 Å². The van der Waals surface area contributed by atoms with Gasteiger partial charge in [0.1, 0.15) is 5.82 Å². The fourth-order valence-electron chi connectivity index (χ4n) is 3.78. The predicted molar refractivity (Wildman–Crippen MR) is 98.9 cm³/mol. The van der Waals surface area contributed by atoms with Gasteiger partial charge in [-0.3, -0.25) is 9.80 Å². The monoisotopic (exact) mass is 374 g/mol. The number of urea groups is 1. The van der Waals surface area contributed by atoms with Crippen LogP contribution in [-0.2, 0) is 9.84 Å². The molecule has 0 saturated carbocycles. The van der Waals surface area contributed by atoms with Crippen LogP contribution in [0.1, 0.15) is 11.1 Å². The number of carbonyl (C=O) groups excluding carboxylic acids is 1. The minimum Gasteiger partial charge on any atom is -0.288 e. The van der Waals surface area contributed by atoms with Crippen LogP contribution in [0.15, 0.2) is 42.5 Å². The van der Waals surface area contributed by atoms with Crippen molar-refractivity contribution in [1.29, 1.82) is 0 Å². The number of rotatable bonds is 2. The minimum absolute atomic E-state index is 0.0615. The van der Waals surface area contributed by atoms with Gasteiger partial charge in [0, 0.05) is 11.4 Å². The van der Waals surface area contributed by atoms with Gasteiger partial charge < -0.3 is 0 Å². The molecule has 0 bridgehead atoms. The van der Waals surface area contributed by atoms with Gasteiger partial charge in [-0.05, 0) is 61.4 Å². The molecule has 2 atom stereocenters. The zero-order chi connectivity index (χ0) is 18.6. The van der Waals surface area contributed by atoms with Crippen LogP contribution in [0.2, 0.25) is 0 Å². The number of aryl methyl sites for hydroxylation is 2. The first-order valence-electron chi connectivity index (χ1n) is 8.42. The highest BCUT2D eigenvalue weighted by Gasteiger charge is 2.54. The number of anilines is 2. The molecule has 0 spiro atoms. The molecule has 7 heteroatoms. The molecule has 4 rings (SSSR count). The summed E-state index contributed by atoms with van der Waals surface area (Å²) in [7, 11) is -3.25. The first-order chi connectivity index (χ1) is 12.3. The smallest absolute Gasteiger partial charge is 0.288 e. The van der Waals surface area contributed by atoms with E-state index in [1.54, 1.807) is 4.90 Å². The Kier molecular flexibility index (Phi) is 3.80. The Hall–Kier alpha value is -2.41. The third kappa shape index (κ3) is 2.67. The maximum Gasteiger partial charge on any atom is 0.329 e. The zero-order valence-corrected chi connectivity index (χ0v) is 15.3. The summed E-state index contributed by atoms with van der Waals surface area (Å²) in [6, 6.07) is 10.1. The Bertz CT molecular complexity index is 988. The predicted octanol–water partition coefficient (Wildman–Crippen LogP) is 3.05. The largest absolute Gasteiger partial charge is 0.329 e. The van der Waals surface area contributed by atoms with E-state index >= 15 is 0 Å². The molecule has 0 aliphatic carbocycles. The van der Waals surface area contributed by atoms with Crippen molar-refractivity contribution in [3.05, 3.63) is 59.4 Å². The SMILES string of the molecule is Cc1ccc(N2C(=O)N(c3ccc(F)cc3)C3CS(=O)(=O)CC32)cc1C. The maximum atomic E-state index is 13.3. The lowest BCUT2D eigenvalue weighted by atomic mass is 10.1. The second-order valence-electron chi connectivity index (χ2n) is 6.98. The van der Waals surface area contributed by atoms with E-state index in [4.69, 9.17) is 0 Å². The van der Waals surface area contributed by atoms with Crippen LogP contribution in [0.4, 0.5) is 20.6 Å². The molecule has 2 aromatic rings. The molecule has 26 heavy (non-hydrogen) atoms. The summed E-state index contributed by atoms with van der Waals surface area (Å²) in [5.74, 6) is -0.544. The lowest BCUT2D eigenvalue weighted by molar-refractivity contribution is 0.255. The molecule has 2 fully saturated rings. The Morgan fingerprint density at radius 3 is 2.00 bits per heavy atom. The van der Waals surface area contributed by atoms with Gasteiger partial charge in [0.15, 0.2) is 9.84 Å². The number of halogens is 1. The van der Waals surface area contributed by atoms with E-state index < -0.39 is 27.7 Å². The number of amides is 2. The van der Waals surface area contributed by atoms with Crippen LogP contribution in [0, 0.1) is 19.7 Å². The first-order valence-corrected chi connectivity index (χ1v) is 10.2. The molecule has 2 heterocycles. The molecule has 2 aliphatic rings. The second-order valence-corrected chi connectivity index (χ2v) is 9.13. The van der Waals surface area contributed by atoms with Gasteiger partial charge >= 0.3 is 6.03 Å². The molecule has 2 unspecified atom stereocenters. The summed E-state index contributed by atoms with van der Waals surface area (Å²) in [6.07, 6.45) is 0. The molecule has 2 amide bonds. The van der Waals surface area contributed by atoms with Crippen molar-refractivity contribution in [3.63, 3.8) is 0 Å². The highest BCUT2D eigenvalue weighted by atomic mass is 32.2. The molecule has 136 valence electrons. The van der Waals surface area contributed by atoms with Gasteiger partial charge in [0.25, 0.3) is 0 Å². The van der Waals surface area contributed by atoms with E-state index in [1.807, 2.05) is 32.0 Å². The highest BCUT2D eigenvalue weighted by molar-refractivity contribution is 7.91. The quantitative estimate of drug-likeness (QED) is 0.759. The average Bonchev–Trinajstić information content (AvgIpc) is 3.00. The minimum atomic E-state index is -3.25. The Labute approximate surface area is 152 Å². The van der Waals surface area contributed by atoms with Crippen molar-refractivity contribution in [3.8, 4) is 0 Å². The summed E-state index contributed by atoms with van der Waals surface area (Å²) in [6.45, 7) is 3.94. The molecule has 2 saturated heterocycles. The normalized spacial score (nSPS) is 24.2. The van der Waals surface area contributed by atoms with E-state index in [1.165, 1.54) is 29.2 Å². The molecule has 2 aliphatic heterocycles. The molecule has 2 aromatic carbocycles. The van der Waals surface area contributed by atoms with Crippen LogP contribution in [-0.4, -0.2) is 38.0 Å². The van der Waals surface area contributed by atoms with Crippen LogP contribution in [0.3, 0.4) is 0 Å². The van der Waals surface area contributed by atoms with E-state index in [0.29, 0.717) is 11.4 Å². The van der Waals surface area contributed by atoms with E-state index in [2.05, 4.69) is 0 Å². The van der Waals surface area contributed by atoms with Crippen molar-refractivity contribution in [2.45, 2.75) is 25.9 Å². The molecule has 0 radical (unpaired) electrons. The maximum absolute atomic E-state index is 13.3. The van der Waals surface area contributed by atoms with E-state index in [9.17, 15) is 17.6 Å². The van der Waals surface area contributed by atoms with E-state index in [0.717, 1.165) is 11.1 Å². The number of nitrogens with zero attached hydrogens (tertiary/aromatic N) is 2. The third-order valence-electron chi connectivity index (χ3n) is 5.24. The van der Waals surface area contributed by atoms with Gasteiger partial charge in [-0.1, -0.05) is 6.07 Å². The lowest BCUT2D eigenvalue weighted by Crippen LogP contribution is -2.38. The summed E-state index contributed by atoms with van der Waals surface area (Å²) in [5.41, 5.74) is 3.34. The molecule has 0 N–H and O–H groups in total. The first kappa shape index (κ1) is 17.0. The van der Waals surface area contributed by atoms with Crippen molar-refractivity contribution in [2.75, 3.05) is 21.3 Å². The van der Waals surface area contributed by atoms with Gasteiger partial charge in [-0.2, -0.15) is 0 Å². The Morgan fingerprint density at radius 2 is 1.42 bits per heavy atom. The number of hydrogen-bond acceptors (Lipinski definition) is 3.